The summed E-state index contributed by atoms with van der Waals surface area (Å²) >= 11 is 0. The van der Waals surface area contributed by atoms with Gasteiger partial charge in [-0.05, 0) is 36.5 Å². The zero-order chi connectivity index (χ0) is 16.0. The lowest BCUT2D eigenvalue weighted by Crippen LogP contribution is -2.30. The van der Waals surface area contributed by atoms with Crippen molar-refractivity contribution in [2.75, 3.05) is 0 Å². The predicted molar refractivity (Wildman–Crippen MR) is 75.9 cm³/mol. The van der Waals surface area contributed by atoms with Gasteiger partial charge in [0.1, 0.15) is 0 Å². The SMILES string of the molecule is O=C(NC(c1nn[nH]n1)C1CC1)c1ccc(C2CC2(F)F)cc1. The Hall–Kier alpha value is -2.38. The molecular weight excluding hydrogens is 304 g/mol. The largest absolute Gasteiger partial charge is 0.342 e. The minimum absolute atomic E-state index is 0.111. The third kappa shape index (κ3) is 2.80. The smallest absolute Gasteiger partial charge is 0.255 e. The third-order valence-electron chi connectivity index (χ3n) is 4.42. The Kier molecular flexibility index (Phi) is 3.14. The number of halogens is 2. The fraction of sp³-hybridized carbons (Fsp3) is 0.467. The maximum absolute atomic E-state index is 13.1. The fourth-order valence-electron chi connectivity index (χ4n) is 2.79. The van der Waals surface area contributed by atoms with Gasteiger partial charge in [0, 0.05) is 12.0 Å². The van der Waals surface area contributed by atoms with Crippen LogP contribution in [0.3, 0.4) is 0 Å². The van der Waals surface area contributed by atoms with Crippen LogP contribution in [-0.4, -0.2) is 32.5 Å². The Labute approximate surface area is 130 Å². The fourth-order valence-corrected chi connectivity index (χ4v) is 2.79. The molecule has 0 saturated heterocycles. The monoisotopic (exact) mass is 319 g/mol. The van der Waals surface area contributed by atoms with Crippen LogP contribution < -0.4 is 5.32 Å². The van der Waals surface area contributed by atoms with Crippen molar-refractivity contribution in [3.63, 3.8) is 0 Å². The van der Waals surface area contributed by atoms with Crippen LogP contribution in [0.4, 0.5) is 8.78 Å². The number of tetrazole rings is 1. The van der Waals surface area contributed by atoms with Gasteiger partial charge in [-0.25, -0.2) is 8.78 Å². The number of aromatic amines is 1. The number of nitrogens with one attached hydrogen (secondary N) is 2. The molecule has 0 aliphatic heterocycles. The number of hydrogen-bond acceptors (Lipinski definition) is 4. The van der Waals surface area contributed by atoms with Gasteiger partial charge in [0.25, 0.3) is 11.8 Å². The van der Waals surface area contributed by atoms with Gasteiger partial charge in [-0.15, -0.1) is 10.2 Å². The summed E-state index contributed by atoms with van der Waals surface area (Å²) in [7, 11) is 0. The lowest BCUT2D eigenvalue weighted by Gasteiger charge is -2.14. The molecule has 23 heavy (non-hydrogen) atoms. The van der Waals surface area contributed by atoms with E-state index in [-0.39, 0.29) is 18.4 Å². The highest BCUT2D eigenvalue weighted by molar-refractivity contribution is 5.94. The second-order valence-electron chi connectivity index (χ2n) is 6.20. The Morgan fingerprint density at radius 3 is 2.52 bits per heavy atom. The molecule has 0 spiro atoms. The normalized spacial score (nSPS) is 23.3. The number of carbonyl (C=O) groups excluding carboxylic acids is 1. The lowest BCUT2D eigenvalue weighted by atomic mass is 10.1. The van der Waals surface area contributed by atoms with E-state index in [0.717, 1.165) is 12.8 Å². The number of rotatable bonds is 5. The van der Waals surface area contributed by atoms with Gasteiger partial charge in [0.15, 0.2) is 5.82 Å². The molecule has 6 nitrogen and oxygen atoms in total. The molecule has 2 aliphatic rings. The molecule has 2 N–H and O–H groups in total. The van der Waals surface area contributed by atoms with Crippen LogP contribution in [0, 0.1) is 5.92 Å². The molecule has 8 heteroatoms. The molecule has 2 atom stereocenters. The average Bonchev–Trinajstić information content (AvgIpc) is 3.42. The number of amides is 1. The molecule has 1 aromatic carbocycles. The van der Waals surface area contributed by atoms with E-state index >= 15 is 0 Å². The van der Waals surface area contributed by atoms with Crippen molar-refractivity contribution in [3.05, 3.63) is 41.2 Å². The van der Waals surface area contributed by atoms with E-state index in [2.05, 4.69) is 25.9 Å². The number of nitrogens with zero attached hydrogens (tertiary/aromatic N) is 3. The molecule has 0 radical (unpaired) electrons. The minimum Gasteiger partial charge on any atom is -0.342 e. The van der Waals surface area contributed by atoms with Crippen molar-refractivity contribution in [1.82, 2.24) is 25.9 Å². The van der Waals surface area contributed by atoms with Gasteiger partial charge in [-0.2, -0.15) is 5.21 Å². The molecule has 0 bridgehead atoms. The van der Waals surface area contributed by atoms with E-state index < -0.39 is 11.8 Å². The maximum atomic E-state index is 13.1. The molecular formula is C15H15F2N5O. The average molecular weight is 319 g/mol. The van der Waals surface area contributed by atoms with E-state index in [1.807, 2.05) is 0 Å². The Morgan fingerprint density at radius 2 is 2.00 bits per heavy atom. The summed E-state index contributed by atoms with van der Waals surface area (Å²) < 4.78 is 26.1. The van der Waals surface area contributed by atoms with E-state index in [9.17, 15) is 13.6 Å². The predicted octanol–water partition coefficient (Wildman–Crippen LogP) is 2.20. The molecule has 2 fully saturated rings. The summed E-state index contributed by atoms with van der Waals surface area (Å²) in [4.78, 5) is 12.4. The van der Waals surface area contributed by atoms with Crippen LogP contribution in [-0.2, 0) is 0 Å². The zero-order valence-corrected chi connectivity index (χ0v) is 12.2. The van der Waals surface area contributed by atoms with Gasteiger partial charge >= 0.3 is 0 Å². The van der Waals surface area contributed by atoms with Crippen molar-refractivity contribution >= 4 is 5.91 Å². The maximum Gasteiger partial charge on any atom is 0.255 e. The number of alkyl halides is 2. The molecule has 2 aliphatic carbocycles. The summed E-state index contributed by atoms with van der Waals surface area (Å²) in [6.07, 6.45) is 1.91. The van der Waals surface area contributed by atoms with E-state index in [0.29, 0.717) is 22.9 Å². The van der Waals surface area contributed by atoms with Gasteiger partial charge in [-0.3, -0.25) is 4.79 Å². The van der Waals surface area contributed by atoms with Crippen LogP contribution >= 0.6 is 0 Å². The Morgan fingerprint density at radius 1 is 1.30 bits per heavy atom. The van der Waals surface area contributed by atoms with Crippen LogP contribution in [0.2, 0.25) is 0 Å². The quantitative estimate of drug-likeness (QED) is 0.885. The van der Waals surface area contributed by atoms with Crippen molar-refractivity contribution in [3.8, 4) is 0 Å². The second-order valence-corrected chi connectivity index (χ2v) is 6.20. The molecule has 1 aromatic heterocycles. The van der Waals surface area contributed by atoms with Gasteiger partial charge in [0.05, 0.1) is 12.0 Å². The zero-order valence-electron chi connectivity index (χ0n) is 12.2. The lowest BCUT2D eigenvalue weighted by molar-refractivity contribution is 0.0929. The molecule has 2 unspecified atom stereocenters. The first kappa shape index (κ1) is 14.2. The second kappa shape index (κ2) is 5.07. The van der Waals surface area contributed by atoms with Gasteiger partial charge in [0.2, 0.25) is 0 Å². The third-order valence-corrected chi connectivity index (χ3v) is 4.42. The van der Waals surface area contributed by atoms with Gasteiger partial charge < -0.3 is 5.32 Å². The summed E-state index contributed by atoms with van der Waals surface area (Å²) in [5.41, 5.74) is 1.01. The number of H-pyrrole nitrogens is 1. The molecule has 4 rings (SSSR count). The first-order chi connectivity index (χ1) is 11.0. The van der Waals surface area contributed by atoms with E-state index in [4.69, 9.17) is 0 Å². The van der Waals surface area contributed by atoms with Crippen LogP contribution in [0.15, 0.2) is 24.3 Å². The highest BCUT2D eigenvalue weighted by atomic mass is 19.3. The highest BCUT2D eigenvalue weighted by Gasteiger charge is 2.57. The minimum atomic E-state index is -2.60. The standard InChI is InChI=1S/C15H15F2N5O/c16-15(17)7-11(15)8-1-5-10(6-2-8)14(23)18-12(9-3-4-9)13-19-21-22-20-13/h1-2,5-6,9,11-12H,3-4,7H2,(H,18,23)(H,19,20,21,22). The Bertz CT molecular complexity index is 712. The summed E-state index contributed by atoms with van der Waals surface area (Å²) in [5, 5.41) is 16.7. The van der Waals surface area contributed by atoms with Crippen LogP contribution in [0.1, 0.15) is 53.0 Å². The highest BCUT2D eigenvalue weighted by Crippen LogP contribution is 2.55. The summed E-state index contributed by atoms with van der Waals surface area (Å²) in [6, 6.07) is 6.09. The van der Waals surface area contributed by atoms with Crippen LogP contribution in [0.5, 0.6) is 0 Å². The van der Waals surface area contributed by atoms with Crippen molar-refractivity contribution < 1.29 is 13.6 Å². The Balaban J connectivity index is 1.46. The number of hydrogen-bond donors (Lipinski definition) is 2. The van der Waals surface area contributed by atoms with Gasteiger partial charge in [-0.1, -0.05) is 17.3 Å². The van der Waals surface area contributed by atoms with Crippen LogP contribution in [0.25, 0.3) is 0 Å². The van der Waals surface area contributed by atoms with Crippen molar-refractivity contribution in [1.29, 1.82) is 0 Å². The summed E-state index contributed by atoms with van der Waals surface area (Å²) in [6.45, 7) is 0. The van der Waals surface area contributed by atoms with E-state index in [1.165, 1.54) is 0 Å². The molecule has 2 saturated carbocycles. The first-order valence-corrected chi connectivity index (χ1v) is 7.56. The number of aromatic nitrogens is 4. The molecule has 1 amide bonds. The molecule has 1 heterocycles. The summed E-state index contributed by atoms with van der Waals surface area (Å²) in [5.74, 6) is -2.78. The van der Waals surface area contributed by atoms with Crippen molar-refractivity contribution in [2.45, 2.75) is 37.1 Å². The van der Waals surface area contributed by atoms with Crippen molar-refractivity contribution in [2.24, 2.45) is 5.92 Å². The topological polar surface area (TPSA) is 83.6 Å². The van der Waals surface area contributed by atoms with E-state index in [1.54, 1.807) is 24.3 Å². The number of carbonyl (C=O) groups is 1. The first-order valence-electron chi connectivity index (χ1n) is 7.56. The molecule has 120 valence electrons. The molecule has 2 aromatic rings. The number of benzene rings is 1.